The molecule has 0 saturated heterocycles. The first kappa shape index (κ1) is 51.6. The summed E-state index contributed by atoms with van der Waals surface area (Å²) in [7, 11) is 0. The molecule has 1 aliphatic rings. The van der Waals surface area contributed by atoms with Gasteiger partial charge in [-0.3, -0.25) is 0 Å². The van der Waals surface area contributed by atoms with Crippen LogP contribution in [0.2, 0.25) is 0 Å². The first-order valence-electron chi connectivity index (χ1n) is 12.1. The van der Waals surface area contributed by atoms with Crippen LogP contribution >= 0.6 is 0 Å². The van der Waals surface area contributed by atoms with Crippen molar-refractivity contribution >= 4 is 0 Å². The van der Waals surface area contributed by atoms with Crippen molar-refractivity contribution < 1.29 is 9.47 Å². The van der Waals surface area contributed by atoms with Gasteiger partial charge in [0.1, 0.15) is 0 Å². The van der Waals surface area contributed by atoms with Crippen LogP contribution in [0, 0.1) is 5.41 Å². The maximum atomic E-state index is 4.60. The van der Waals surface area contributed by atoms with Crippen LogP contribution in [0.15, 0.2) is 25.7 Å². The normalized spacial score (nSPS) is 11.2. The molecule has 0 aliphatic heterocycles. The van der Waals surface area contributed by atoms with Gasteiger partial charge in [0.15, 0.2) is 0 Å². The average molecular weight is 437 g/mol. The van der Waals surface area contributed by atoms with Crippen molar-refractivity contribution in [3.05, 3.63) is 25.7 Å². The van der Waals surface area contributed by atoms with Crippen LogP contribution in [0.3, 0.4) is 0 Å². The average Bonchev–Trinajstić information content (AvgIpc) is 2.81. The molecule has 2 heteroatoms. The molecule has 0 radical (unpaired) electrons. The lowest BCUT2D eigenvalue weighted by molar-refractivity contribution is 0.173. The number of ether oxygens (including phenoxy) is 2. The zero-order chi connectivity index (χ0) is 23.7. The van der Waals surface area contributed by atoms with Gasteiger partial charge >= 0.3 is 0 Å². The highest BCUT2D eigenvalue weighted by molar-refractivity contribution is 4.79. The molecule has 0 N–H and O–H groups in total. The van der Waals surface area contributed by atoms with Crippen LogP contribution in [-0.4, -0.2) is 13.2 Å². The molecular weight excluding hydrogens is 368 g/mol. The van der Waals surface area contributed by atoms with E-state index < -0.39 is 0 Å². The Hall–Kier alpha value is -0.920. The van der Waals surface area contributed by atoms with Crippen molar-refractivity contribution in [3.63, 3.8) is 0 Å². The van der Waals surface area contributed by atoms with E-state index in [0.717, 1.165) is 18.6 Å². The van der Waals surface area contributed by atoms with Gasteiger partial charge in [-0.05, 0) is 32.1 Å². The minimum absolute atomic E-state index is 0. The Balaban J connectivity index is -0.0000000353. The van der Waals surface area contributed by atoms with Crippen molar-refractivity contribution in [2.75, 3.05) is 13.2 Å². The van der Waals surface area contributed by atoms with E-state index in [0.29, 0.717) is 0 Å². The Morgan fingerprint density at radius 3 is 0.967 bits per heavy atom. The van der Waals surface area contributed by atoms with Crippen LogP contribution in [0.4, 0.5) is 0 Å². The molecule has 0 heterocycles. The third-order valence-corrected chi connectivity index (χ3v) is 3.98. The maximum absolute atomic E-state index is 4.60. The summed E-state index contributed by atoms with van der Waals surface area (Å²) in [5.74, 6) is 0. The van der Waals surface area contributed by atoms with Gasteiger partial charge < -0.3 is 9.47 Å². The number of hydrogen-bond donors (Lipinski definition) is 0. The SMILES string of the molecule is C.C.C=COCC.C=COCC.CC.CC.CC.CC.CCC1(CC)CCCCC1. The molecule has 0 atom stereocenters. The van der Waals surface area contributed by atoms with Crippen molar-refractivity contribution in [3.8, 4) is 0 Å². The van der Waals surface area contributed by atoms with E-state index in [4.69, 9.17) is 0 Å². The fourth-order valence-corrected chi connectivity index (χ4v) is 2.49. The zero-order valence-electron chi connectivity index (χ0n) is 22.2. The molecule has 2 nitrogen and oxygen atoms in total. The minimum atomic E-state index is 0. The topological polar surface area (TPSA) is 18.5 Å². The van der Waals surface area contributed by atoms with Crippen LogP contribution in [0.1, 0.15) is 143 Å². The molecule has 0 aromatic rings. The molecule has 1 fully saturated rings. The second-order valence-electron chi connectivity index (χ2n) is 5.01. The second-order valence-corrected chi connectivity index (χ2v) is 5.01. The molecule has 0 unspecified atom stereocenters. The van der Waals surface area contributed by atoms with E-state index in [1.165, 1.54) is 57.5 Å². The predicted octanol–water partition coefficient (Wildman–Crippen LogP) is 11.5. The third kappa shape index (κ3) is 50.6. The molecular formula is C28H68O2. The Bertz CT molecular complexity index is 191. The van der Waals surface area contributed by atoms with Gasteiger partial charge in [-0.15, -0.1) is 0 Å². The van der Waals surface area contributed by atoms with E-state index in [2.05, 4.69) is 36.5 Å². The van der Waals surface area contributed by atoms with E-state index in [1.807, 2.05) is 69.2 Å². The standard InChI is InChI=1S/C10H20.2C4H8O.4C2H6.2CH4/c1-3-10(4-2)8-6-5-7-9-10;2*1-3-5-4-2;4*1-2;;/h3-9H2,1-2H3;2*3H,1,4H2,2H3;4*1-2H3;2*1H4. The largest absolute Gasteiger partial charge is 0.502 e. The molecule has 1 saturated carbocycles. The van der Waals surface area contributed by atoms with Gasteiger partial charge in [-0.2, -0.15) is 0 Å². The first-order chi connectivity index (χ1) is 13.7. The predicted molar refractivity (Wildman–Crippen MR) is 149 cm³/mol. The quantitative estimate of drug-likeness (QED) is 0.385. The molecule has 0 aromatic carbocycles. The summed E-state index contributed by atoms with van der Waals surface area (Å²) in [5.41, 5.74) is 0.762. The smallest absolute Gasteiger partial charge is 0.0844 e. The Morgan fingerprint density at radius 1 is 0.600 bits per heavy atom. The van der Waals surface area contributed by atoms with E-state index in [1.54, 1.807) is 0 Å². The van der Waals surface area contributed by atoms with Gasteiger partial charge in [-0.1, -0.05) is 129 Å². The Kier molecular flexibility index (Phi) is 108. The monoisotopic (exact) mass is 437 g/mol. The van der Waals surface area contributed by atoms with Gasteiger partial charge in [0.05, 0.1) is 25.7 Å². The van der Waals surface area contributed by atoms with E-state index in [9.17, 15) is 0 Å². The van der Waals surface area contributed by atoms with E-state index >= 15 is 0 Å². The van der Waals surface area contributed by atoms with Crippen molar-refractivity contribution in [1.29, 1.82) is 0 Å². The van der Waals surface area contributed by atoms with Crippen LogP contribution in [0.25, 0.3) is 0 Å². The highest BCUT2D eigenvalue weighted by Gasteiger charge is 2.27. The van der Waals surface area contributed by atoms with Gasteiger partial charge in [-0.25, -0.2) is 0 Å². The number of rotatable bonds is 6. The zero-order valence-corrected chi connectivity index (χ0v) is 22.2. The fourth-order valence-electron chi connectivity index (χ4n) is 2.49. The lowest BCUT2D eigenvalue weighted by atomic mass is 9.71. The summed E-state index contributed by atoms with van der Waals surface area (Å²) in [6.07, 6.45) is 13.1. The molecule has 1 aliphatic carbocycles. The lowest BCUT2D eigenvalue weighted by Gasteiger charge is -2.35. The van der Waals surface area contributed by atoms with Crippen molar-refractivity contribution in [2.24, 2.45) is 5.41 Å². The summed E-state index contributed by atoms with van der Waals surface area (Å²) in [6, 6.07) is 0. The highest BCUT2D eigenvalue weighted by atomic mass is 16.5. The van der Waals surface area contributed by atoms with Crippen molar-refractivity contribution in [2.45, 2.75) is 143 Å². The molecule has 30 heavy (non-hydrogen) atoms. The maximum Gasteiger partial charge on any atom is 0.0844 e. The summed E-state index contributed by atoms with van der Waals surface area (Å²) < 4.78 is 9.19. The highest BCUT2D eigenvalue weighted by Crippen LogP contribution is 2.41. The molecule has 1 rings (SSSR count). The molecule has 0 amide bonds. The lowest BCUT2D eigenvalue weighted by Crippen LogP contribution is -2.21. The fraction of sp³-hybridized carbons (Fsp3) is 0.857. The summed E-state index contributed by atoms with van der Waals surface area (Å²) in [6.45, 7) is 32.7. The summed E-state index contributed by atoms with van der Waals surface area (Å²) in [4.78, 5) is 0. The Labute approximate surface area is 196 Å². The molecule has 0 aromatic heterocycles. The first-order valence-corrected chi connectivity index (χ1v) is 12.1. The number of hydrogen-bond acceptors (Lipinski definition) is 2. The summed E-state index contributed by atoms with van der Waals surface area (Å²) >= 11 is 0. The Morgan fingerprint density at radius 2 is 0.867 bits per heavy atom. The van der Waals surface area contributed by atoms with Crippen molar-refractivity contribution in [1.82, 2.24) is 0 Å². The third-order valence-electron chi connectivity index (χ3n) is 3.98. The molecule has 192 valence electrons. The van der Waals surface area contributed by atoms with Gasteiger partial charge in [0.25, 0.3) is 0 Å². The van der Waals surface area contributed by atoms with Crippen LogP contribution in [-0.2, 0) is 9.47 Å². The van der Waals surface area contributed by atoms with E-state index in [-0.39, 0.29) is 14.9 Å². The van der Waals surface area contributed by atoms with Crippen LogP contribution in [0.5, 0.6) is 0 Å². The molecule has 0 bridgehead atoms. The van der Waals surface area contributed by atoms with Gasteiger partial charge in [0, 0.05) is 0 Å². The second kappa shape index (κ2) is 63.0. The molecule has 0 spiro atoms. The van der Waals surface area contributed by atoms with Crippen LogP contribution < -0.4 is 0 Å². The summed E-state index contributed by atoms with van der Waals surface area (Å²) in [5, 5.41) is 0. The van der Waals surface area contributed by atoms with Gasteiger partial charge in [0.2, 0.25) is 0 Å². The minimum Gasteiger partial charge on any atom is -0.502 e.